The molecule has 2 amide bonds. The van der Waals surface area contributed by atoms with E-state index in [0.717, 1.165) is 37.8 Å². The van der Waals surface area contributed by atoms with Crippen LogP contribution in [0.2, 0.25) is 0 Å². The number of imidazole rings is 1. The Balaban J connectivity index is 1.54. The molecule has 6 heteroatoms. The Morgan fingerprint density at radius 3 is 2.80 bits per heavy atom. The highest BCUT2D eigenvalue weighted by Crippen LogP contribution is 2.31. The number of rotatable bonds is 3. The van der Waals surface area contributed by atoms with Gasteiger partial charge in [0.05, 0.1) is 17.7 Å². The van der Waals surface area contributed by atoms with Crippen LogP contribution >= 0.6 is 0 Å². The maximum atomic E-state index is 13.0. The van der Waals surface area contributed by atoms with Crippen molar-refractivity contribution in [2.24, 2.45) is 5.92 Å². The minimum Gasteiger partial charge on any atom is -0.443 e. The smallest absolute Gasteiger partial charge is 0.417 e. The number of ether oxygens (including phenoxy) is 1. The van der Waals surface area contributed by atoms with E-state index in [1.54, 1.807) is 0 Å². The Morgan fingerprint density at radius 2 is 2.07 bits per heavy atom. The molecular formula is C24H31N3O3. The molecule has 0 spiro atoms. The number of piperidine rings is 1. The number of carbonyl (C=O) groups excluding carboxylic acids is 2. The van der Waals surface area contributed by atoms with Crippen molar-refractivity contribution < 1.29 is 14.3 Å². The number of carbonyl (C=O) groups is 2. The molecule has 6 nitrogen and oxygen atoms in total. The lowest BCUT2D eigenvalue weighted by atomic mass is 9.90. The first kappa shape index (κ1) is 20.6. The van der Waals surface area contributed by atoms with Gasteiger partial charge in [0.1, 0.15) is 5.60 Å². The summed E-state index contributed by atoms with van der Waals surface area (Å²) in [6, 6.07) is 6.46. The van der Waals surface area contributed by atoms with Crippen LogP contribution in [0.4, 0.5) is 4.79 Å². The van der Waals surface area contributed by atoms with Crippen molar-refractivity contribution >= 4 is 12.0 Å². The quantitative estimate of drug-likeness (QED) is 0.760. The van der Waals surface area contributed by atoms with Crippen LogP contribution in [0.15, 0.2) is 24.5 Å². The van der Waals surface area contributed by atoms with Crippen LogP contribution in [-0.2, 0) is 35.2 Å². The number of nitrogens with zero attached hydrogens (tertiary/aromatic N) is 3. The number of likely N-dealkylation sites (tertiary alicyclic amines) is 1. The summed E-state index contributed by atoms with van der Waals surface area (Å²) in [5, 5.41) is 0. The molecule has 3 heterocycles. The topological polar surface area (TPSA) is 64.4 Å². The zero-order valence-electron chi connectivity index (χ0n) is 18.4. The summed E-state index contributed by atoms with van der Waals surface area (Å²) in [4.78, 5) is 31.5. The summed E-state index contributed by atoms with van der Waals surface area (Å²) < 4.78 is 7.62. The molecule has 0 bridgehead atoms. The predicted octanol–water partition coefficient (Wildman–Crippen LogP) is 4.25. The Hall–Kier alpha value is -2.63. The van der Waals surface area contributed by atoms with Crippen LogP contribution < -0.4 is 0 Å². The number of imide groups is 1. The van der Waals surface area contributed by atoms with Crippen LogP contribution in [0.5, 0.6) is 0 Å². The molecule has 0 aliphatic carbocycles. The van der Waals surface area contributed by atoms with Gasteiger partial charge in [-0.1, -0.05) is 19.1 Å². The van der Waals surface area contributed by atoms with Gasteiger partial charge in [0.25, 0.3) is 0 Å². The zero-order valence-corrected chi connectivity index (χ0v) is 18.4. The highest BCUT2D eigenvalue weighted by atomic mass is 16.6. The first-order valence-electron chi connectivity index (χ1n) is 11.0. The Morgan fingerprint density at radius 1 is 1.27 bits per heavy atom. The fraction of sp³-hybridized carbons (Fsp3) is 0.542. The van der Waals surface area contributed by atoms with Crippen molar-refractivity contribution in [3.05, 3.63) is 47.0 Å². The van der Waals surface area contributed by atoms with Gasteiger partial charge in [-0.05, 0) is 70.1 Å². The zero-order chi connectivity index (χ0) is 21.5. The summed E-state index contributed by atoms with van der Waals surface area (Å²) in [6.07, 6.45) is 6.46. The molecule has 1 saturated heterocycles. The third-order valence-corrected chi connectivity index (χ3v) is 6.06. The number of amides is 2. The molecule has 0 radical (unpaired) electrons. The minimum absolute atomic E-state index is 0.137. The lowest BCUT2D eigenvalue weighted by Crippen LogP contribution is -2.47. The van der Waals surface area contributed by atoms with Gasteiger partial charge in [-0.25, -0.2) is 14.7 Å². The van der Waals surface area contributed by atoms with Crippen molar-refractivity contribution in [1.82, 2.24) is 14.5 Å². The second-order valence-corrected chi connectivity index (χ2v) is 9.29. The average molecular weight is 410 g/mol. The molecule has 2 aromatic rings. The van der Waals surface area contributed by atoms with Gasteiger partial charge < -0.3 is 9.30 Å². The molecule has 4 rings (SSSR count). The number of aromatic nitrogens is 2. The Bertz CT molecular complexity index is 971. The molecule has 2 aliphatic rings. The van der Waals surface area contributed by atoms with Gasteiger partial charge in [0.15, 0.2) is 0 Å². The van der Waals surface area contributed by atoms with E-state index < -0.39 is 11.7 Å². The summed E-state index contributed by atoms with van der Waals surface area (Å²) in [5.41, 5.74) is 5.56. The van der Waals surface area contributed by atoms with Crippen molar-refractivity contribution in [1.29, 1.82) is 0 Å². The number of fused-ring (bicyclic) bond motifs is 3. The molecule has 1 atom stereocenters. The molecular weight excluding hydrogens is 378 g/mol. The standard InChI is InChI=1S/C24H31N3O3/c1-5-16-8-6-10-20-18(16)11-12-21-19(25-15-27(20)21)14-17-9-7-13-26(22(17)28)23(29)30-24(2,3)4/h6,8,10,15,17H,5,7,9,11-14H2,1-4H3. The van der Waals surface area contributed by atoms with Crippen molar-refractivity contribution in [3.63, 3.8) is 0 Å². The van der Waals surface area contributed by atoms with E-state index >= 15 is 0 Å². The average Bonchev–Trinajstić information content (AvgIpc) is 3.11. The van der Waals surface area contributed by atoms with Gasteiger partial charge in [0.2, 0.25) is 5.91 Å². The largest absolute Gasteiger partial charge is 0.443 e. The van der Waals surface area contributed by atoms with E-state index in [2.05, 4.69) is 34.7 Å². The first-order chi connectivity index (χ1) is 14.3. The fourth-order valence-corrected chi connectivity index (χ4v) is 4.63. The predicted molar refractivity (Wildman–Crippen MR) is 115 cm³/mol. The second kappa shape index (κ2) is 7.89. The normalized spacial score (nSPS) is 18.7. The molecule has 1 aromatic heterocycles. The molecule has 1 fully saturated rings. The fourth-order valence-electron chi connectivity index (χ4n) is 4.63. The number of aryl methyl sites for hydroxylation is 1. The van der Waals surface area contributed by atoms with Crippen molar-refractivity contribution in [3.8, 4) is 5.69 Å². The number of hydrogen-bond acceptors (Lipinski definition) is 4. The Labute approximate surface area is 178 Å². The van der Waals surface area contributed by atoms with Gasteiger partial charge >= 0.3 is 6.09 Å². The summed E-state index contributed by atoms with van der Waals surface area (Å²) in [7, 11) is 0. The number of hydrogen-bond donors (Lipinski definition) is 0. The number of benzene rings is 1. The van der Waals surface area contributed by atoms with E-state index in [-0.39, 0.29) is 11.8 Å². The lowest BCUT2D eigenvalue weighted by molar-refractivity contribution is -0.137. The summed E-state index contributed by atoms with van der Waals surface area (Å²) in [5.74, 6) is -0.365. The van der Waals surface area contributed by atoms with E-state index in [1.807, 2.05) is 27.1 Å². The van der Waals surface area contributed by atoms with Crippen LogP contribution in [0, 0.1) is 5.92 Å². The van der Waals surface area contributed by atoms with E-state index in [9.17, 15) is 9.59 Å². The highest BCUT2D eigenvalue weighted by Gasteiger charge is 2.36. The SMILES string of the molecule is CCc1cccc2c1CCc1c(CC3CCCN(C(=O)OC(C)(C)C)C3=O)ncn1-2. The third kappa shape index (κ3) is 3.87. The van der Waals surface area contributed by atoms with Crippen LogP contribution in [0.25, 0.3) is 5.69 Å². The van der Waals surface area contributed by atoms with E-state index in [1.165, 1.54) is 27.4 Å². The van der Waals surface area contributed by atoms with Crippen LogP contribution in [0.1, 0.15) is 63.1 Å². The Kier molecular flexibility index (Phi) is 5.43. The monoisotopic (exact) mass is 409 g/mol. The lowest BCUT2D eigenvalue weighted by Gasteiger charge is -2.32. The van der Waals surface area contributed by atoms with E-state index in [0.29, 0.717) is 13.0 Å². The maximum absolute atomic E-state index is 13.0. The summed E-state index contributed by atoms with van der Waals surface area (Å²) in [6.45, 7) is 8.07. The van der Waals surface area contributed by atoms with Crippen LogP contribution in [0.3, 0.4) is 0 Å². The van der Waals surface area contributed by atoms with Gasteiger partial charge in [-0.3, -0.25) is 4.79 Å². The van der Waals surface area contributed by atoms with E-state index in [4.69, 9.17) is 4.74 Å². The molecule has 30 heavy (non-hydrogen) atoms. The summed E-state index contributed by atoms with van der Waals surface area (Å²) >= 11 is 0. The van der Waals surface area contributed by atoms with Gasteiger partial charge in [-0.15, -0.1) is 0 Å². The van der Waals surface area contributed by atoms with Crippen LogP contribution in [-0.4, -0.2) is 38.6 Å². The third-order valence-electron chi connectivity index (χ3n) is 6.06. The molecule has 0 saturated carbocycles. The molecule has 1 unspecified atom stereocenters. The molecule has 1 aromatic carbocycles. The second-order valence-electron chi connectivity index (χ2n) is 9.29. The maximum Gasteiger partial charge on any atom is 0.417 e. The highest BCUT2D eigenvalue weighted by molar-refractivity contribution is 5.94. The molecule has 0 N–H and O–H groups in total. The van der Waals surface area contributed by atoms with Gasteiger partial charge in [-0.2, -0.15) is 0 Å². The minimum atomic E-state index is -0.613. The molecule has 2 aliphatic heterocycles. The first-order valence-corrected chi connectivity index (χ1v) is 11.0. The van der Waals surface area contributed by atoms with Crippen molar-refractivity contribution in [2.45, 2.75) is 71.8 Å². The van der Waals surface area contributed by atoms with Crippen molar-refractivity contribution in [2.75, 3.05) is 6.54 Å². The van der Waals surface area contributed by atoms with Gasteiger partial charge in [0, 0.05) is 24.6 Å². The molecule has 160 valence electrons.